The Labute approximate surface area is 157 Å². The lowest BCUT2D eigenvalue weighted by molar-refractivity contribution is -0.603. The molecule has 140 valence electrons. The van der Waals surface area contributed by atoms with Gasteiger partial charge in [0.05, 0.1) is 0 Å². The number of aliphatic carboxylic acids is 1. The van der Waals surface area contributed by atoms with Gasteiger partial charge in [0.1, 0.15) is 0 Å². The van der Waals surface area contributed by atoms with Gasteiger partial charge in [0.25, 0.3) is 0 Å². The van der Waals surface area contributed by atoms with Crippen molar-refractivity contribution in [1.29, 1.82) is 0 Å². The van der Waals surface area contributed by atoms with Crippen molar-refractivity contribution >= 4 is 5.97 Å². The number of rotatable bonds is 12. The molecule has 0 saturated carbocycles. The summed E-state index contributed by atoms with van der Waals surface area (Å²) in [5.74, 6) is -0.921. The third kappa shape index (κ3) is 6.99. The molecule has 1 aromatic carbocycles. The molecule has 0 saturated heterocycles. The van der Waals surface area contributed by atoms with E-state index in [-0.39, 0.29) is 6.42 Å². The fourth-order valence-electron chi connectivity index (χ4n) is 3.41. The number of carboxylic acid groups (broad SMARTS) is 1. The van der Waals surface area contributed by atoms with E-state index in [1.54, 1.807) is 0 Å². The summed E-state index contributed by atoms with van der Waals surface area (Å²) in [6, 6.07) is 14.9. The quantitative estimate of drug-likeness (QED) is 0.426. The average molecular weight is 354 g/mol. The lowest BCUT2D eigenvalue weighted by Gasteiger charge is -2.06. The van der Waals surface area contributed by atoms with Crippen LogP contribution >= 0.6 is 0 Å². The lowest BCUT2D eigenvalue weighted by atomic mass is 10.0. The van der Waals surface area contributed by atoms with E-state index in [9.17, 15) is 9.90 Å². The predicted octanol–water partition coefficient (Wildman–Crippen LogP) is 4.08. The van der Waals surface area contributed by atoms with E-state index in [0.717, 1.165) is 25.7 Å². The van der Waals surface area contributed by atoms with Crippen LogP contribution in [0.2, 0.25) is 0 Å². The number of aromatic nitrogens is 1. The molecule has 0 radical (unpaired) electrons. The molecule has 2 rings (SSSR count). The summed E-state index contributed by atoms with van der Waals surface area (Å²) in [6.45, 7) is 2.20. The van der Waals surface area contributed by atoms with E-state index in [4.69, 9.17) is 0 Å². The molecule has 1 aromatic heterocycles. The maximum Gasteiger partial charge on any atom is 0.210 e. The molecule has 1 heterocycles. The van der Waals surface area contributed by atoms with Crippen molar-refractivity contribution < 1.29 is 14.5 Å². The van der Waals surface area contributed by atoms with Gasteiger partial charge in [-0.3, -0.25) is 0 Å². The number of para-hydroxylation sites is 1. The summed E-state index contributed by atoms with van der Waals surface area (Å²) in [7, 11) is 0. The number of carbonyl (C=O) groups excluding carboxylic acids is 1. The molecule has 0 bridgehead atoms. The summed E-state index contributed by atoms with van der Waals surface area (Å²) in [5, 5.41) is 10.3. The Hall–Kier alpha value is -2.16. The first-order valence-corrected chi connectivity index (χ1v) is 9.94. The molecule has 0 fully saturated rings. The fourth-order valence-corrected chi connectivity index (χ4v) is 3.41. The maximum atomic E-state index is 10.3. The maximum absolute atomic E-state index is 10.3. The van der Waals surface area contributed by atoms with Crippen LogP contribution in [0, 0.1) is 6.92 Å². The van der Waals surface area contributed by atoms with Gasteiger partial charge in [-0.1, -0.05) is 56.7 Å². The second-order valence-corrected chi connectivity index (χ2v) is 7.02. The van der Waals surface area contributed by atoms with Crippen LogP contribution in [0.1, 0.15) is 69.0 Å². The van der Waals surface area contributed by atoms with E-state index in [2.05, 4.69) is 54.1 Å². The molecule has 0 amide bonds. The fraction of sp³-hybridized carbons (Fsp3) is 0.478. The minimum absolute atomic E-state index is 0.208. The molecule has 3 heteroatoms. The van der Waals surface area contributed by atoms with Crippen molar-refractivity contribution in [3.8, 4) is 5.69 Å². The van der Waals surface area contributed by atoms with Crippen LogP contribution in [0.25, 0.3) is 5.69 Å². The van der Waals surface area contributed by atoms with Crippen molar-refractivity contribution in [2.75, 3.05) is 0 Å². The second kappa shape index (κ2) is 11.5. The van der Waals surface area contributed by atoms with Crippen molar-refractivity contribution in [2.24, 2.45) is 0 Å². The van der Waals surface area contributed by atoms with Crippen molar-refractivity contribution in [2.45, 2.75) is 71.1 Å². The third-order valence-corrected chi connectivity index (χ3v) is 4.97. The van der Waals surface area contributed by atoms with Gasteiger partial charge in [0.15, 0.2) is 11.9 Å². The Morgan fingerprint density at radius 3 is 2.12 bits per heavy atom. The van der Waals surface area contributed by atoms with Gasteiger partial charge in [-0.05, 0) is 31.7 Å². The van der Waals surface area contributed by atoms with Gasteiger partial charge < -0.3 is 9.90 Å². The van der Waals surface area contributed by atoms with Gasteiger partial charge in [-0.2, -0.15) is 4.57 Å². The molecule has 3 nitrogen and oxygen atoms in total. The standard InChI is InChI=1S/C23H31NO2/c1-20-21(15-13-19-24(20)22-16-10-8-11-17-22)14-9-6-4-2-3-5-7-12-18-23(25)26/h8,10-11,13,15-17,19H,2-7,9,12,14,18H2,1H3. The van der Waals surface area contributed by atoms with E-state index in [1.807, 2.05) is 6.07 Å². The van der Waals surface area contributed by atoms with Crippen molar-refractivity contribution in [1.82, 2.24) is 0 Å². The summed E-state index contributed by atoms with van der Waals surface area (Å²) >= 11 is 0. The summed E-state index contributed by atoms with van der Waals surface area (Å²) in [4.78, 5) is 10.3. The molecule has 2 aromatic rings. The van der Waals surface area contributed by atoms with Gasteiger partial charge in [0, 0.05) is 36.7 Å². The third-order valence-electron chi connectivity index (χ3n) is 4.97. The van der Waals surface area contributed by atoms with Gasteiger partial charge in [-0.15, -0.1) is 0 Å². The van der Waals surface area contributed by atoms with E-state index < -0.39 is 5.97 Å². The van der Waals surface area contributed by atoms with Crippen LogP contribution in [0.15, 0.2) is 48.7 Å². The molecule has 0 spiro atoms. The second-order valence-electron chi connectivity index (χ2n) is 7.02. The Bertz CT molecular complexity index is 667. The van der Waals surface area contributed by atoms with Crippen LogP contribution in [0.3, 0.4) is 0 Å². The highest BCUT2D eigenvalue weighted by atomic mass is 16.4. The monoisotopic (exact) mass is 353 g/mol. The van der Waals surface area contributed by atoms with Gasteiger partial charge in [0.2, 0.25) is 5.69 Å². The molecule has 0 N–H and O–H groups in total. The minimum Gasteiger partial charge on any atom is -0.550 e. The Morgan fingerprint density at radius 1 is 0.846 bits per heavy atom. The van der Waals surface area contributed by atoms with E-state index >= 15 is 0 Å². The van der Waals surface area contributed by atoms with Crippen LogP contribution in [0.4, 0.5) is 0 Å². The number of pyridine rings is 1. The molecule has 0 aliphatic carbocycles. The predicted molar refractivity (Wildman–Crippen MR) is 103 cm³/mol. The number of hydrogen-bond acceptors (Lipinski definition) is 2. The molecule has 0 aliphatic heterocycles. The van der Waals surface area contributed by atoms with Crippen LogP contribution in [0.5, 0.6) is 0 Å². The van der Waals surface area contributed by atoms with Crippen molar-refractivity contribution in [3.05, 3.63) is 59.9 Å². The number of carboxylic acids is 1. The number of hydrogen-bond donors (Lipinski definition) is 0. The Kier molecular flexibility index (Phi) is 8.88. The van der Waals surface area contributed by atoms with E-state index in [1.165, 1.54) is 49.0 Å². The summed E-state index contributed by atoms with van der Waals surface area (Å²) in [6.07, 6.45) is 12.6. The van der Waals surface area contributed by atoms with Gasteiger partial charge >= 0.3 is 0 Å². The largest absolute Gasteiger partial charge is 0.550 e. The van der Waals surface area contributed by atoms with Crippen LogP contribution < -0.4 is 9.67 Å². The molecule has 0 unspecified atom stereocenters. The van der Waals surface area contributed by atoms with Gasteiger partial charge in [-0.25, -0.2) is 0 Å². The smallest absolute Gasteiger partial charge is 0.210 e. The first kappa shape index (κ1) is 20.2. The zero-order chi connectivity index (χ0) is 18.6. The number of nitrogens with zero attached hydrogens (tertiary/aromatic N) is 1. The molecule has 0 aliphatic rings. The normalized spacial score (nSPS) is 10.8. The topological polar surface area (TPSA) is 44.0 Å². The van der Waals surface area contributed by atoms with Crippen molar-refractivity contribution in [3.63, 3.8) is 0 Å². The van der Waals surface area contributed by atoms with Crippen LogP contribution in [-0.4, -0.2) is 5.97 Å². The molecular formula is C23H31NO2. The summed E-state index contributed by atoms with van der Waals surface area (Å²) in [5.41, 5.74) is 3.97. The highest BCUT2D eigenvalue weighted by Gasteiger charge is 2.13. The lowest BCUT2D eigenvalue weighted by Crippen LogP contribution is -2.34. The highest BCUT2D eigenvalue weighted by molar-refractivity contribution is 5.64. The zero-order valence-electron chi connectivity index (χ0n) is 16.0. The molecule has 26 heavy (non-hydrogen) atoms. The number of unbranched alkanes of at least 4 members (excludes halogenated alkanes) is 7. The summed E-state index contributed by atoms with van der Waals surface area (Å²) < 4.78 is 2.27. The number of carbonyl (C=O) groups is 1. The first-order chi connectivity index (χ1) is 12.7. The molecular weight excluding hydrogens is 322 g/mol. The Morgan fingerprint density at radius 2 is 1.46 bits per heavy atom. The van der Waals surface area contributed by atoms with E-state index in [0.29, 0.717) is 0 Å². The number of benzene rings is 1. The minimum atomic E-state index is -0.921. The average Bonchev–Trinajstić information content (AvgIpc) is 2.65. The SMILES string of the molecule is Cc1c(CCCCCCCCCCC(=O)[O-])ccc[n+]1-c1ccccc1. The van der Waals surface area contributed by atoms with Crippen LogP contribution in [-0.2, 0) is 11.2 Å². The first-order valence-electron chi connectivity index (χ1n) is 9.94. The Balaban J connectivity index is 1.65. The molecule has 0 atom stereocenters. The highest BCUT2D eigenvalue weighted by Crippen LogP contribution is 2.13. The zero-order valence-corrected chi connectivity index (χ0v) is 16.0. The number of aryl methyl sites for hydroxylation is 1.